The summed E-state index contributed by atoms with van der Waals surface area (Å²) >= 11 is 0. The molecular weight excluding hydrogens is 413 g/mol. The Kier molecular flexibility index (Phi) is 5.98. The van der Waals surface area contributed by atoms with E-state index in [1.165, 1.54) is 28.8 Å². The molecule has 0 spiro atoms. The Hall–Kier alpha value is -4.01. The number of rotatable bonds is 7. The van der Waals surface area contributed by atoms with E-state index in [9.17, 15) is 14.0 Å². The number of para-hydroxylation sites is 1. The van der Waals surface area contributed by atoms with E-state index in [0.29, 0.717) is 17.0 Å². The number of halogens is 1. The van der Waals surface area contributed by atoms with Crippen LogP contribution in [0.15, 0.2) is 65.7 Å². The van der Waals surface area contributed by atoms with Crippen molar-refractivity contribution in [1.82, 2.24) is 24.9 Å². The van der Waals surface area contributed by atoms with Gasteiger partial charge in [0.25, 0.3) is 11.5 Å². The van der Waals surface area contributed by atoms with E-state index in [1.807, 2.05) is 19.9 Å². The van der Waals surface area contributed by atoms with Crippen LogP contribution in [-0.2, 0) is 4.79 Å². The van der Waals surface area contributed by atoms with Gasteiger partial charge in [-0.2, -0.15) is 0 Å². The van der Waals surface area contributed by atoms with Crippen LogP contribution in [0.5, 0.6) is 5.75 Å². The molecule has 0 saturated carbocycles. The quantitative estimate of drug-likeness (QED) is 0.465. The summed E-state index contributed by atoms with van der Waals surface area (Å²) in [5.41, 5.74) is 2.07. The van der Waals surface area contributed by atoms with Crippen LogP contribution in [0, 0.1) is 11.7 Å². The van der Waals surface area contributed by atoms with Crippen LogP contribution in [0.1, 0.15) is 25.6 Å². The highest BCUT2D eigenvalue weighted by Gasteiger charge is 2.22. The summed E-state index contributed by atoms with van der Waals surface area (Å²) in [7, 11) is 0. The summed E-state index contributed by atoms with van der Waals surface area (Å²) in [6, 6.07) is 12.2. The number of ether oxygens (including phenoxy) is 1. The van der Waals surface area contributed by atoms with Crippen molar-refractivity contribution in [3.8, 4) is 17.0 Å². The number of nitrogens with zero attached hydrogens (tertiary/aromatic N) is 3. The first-order valence-corrected chi connectivity index (χ1v) is 10.1. The molecule has 2 N–H and O–H groups in total. The molecule has 0 bridgehead atoms. The van der Waals surface area contributed by atoms with E-state index in [-0.39, 0.29) is 23.8 Å². The van der Waals surface area contributed by atoms with Gasteiger partial charge in [0, 0.05) is 30.1 Å². The van der Waals surface area contributed by atoms with Crippen molar-refractivity contribution in [2.45, 2.75) is 19.9 Å². The third-order valence-electron chi connectivity index (χ3n) is 4.94. The molecule has 0 aliphatic rings. The molecule has 4 rings (SSSR count). The Morgan fingerprint density at radius 2 is 2.03 bits per heavy atom. The molecule has 0 aliphatic carbocycles. The third-order valence-corrected chi connectivity index (χ3v) is 4.94. The van der Waals surface area contributed by atoms with Gasteiger partial charge in [0.15, 0.2) is 23.8 Å². The van der Waals surface area contributed by atoms with Gasteiger partial charge in [-0.15, -0.1) is 0 Å². The molecule has 9 heteroatoms. The predicted molar refractivity (Wildman–Crippen MR) is 117 cm³/mol. The zero-order valence-electron chi connectivity index (χ0n) is 17.6. The van der Waals surface area contributed by atoms with Gasteiger partial charge < -0.3 is 10.1 Å². The highest BCUT2D eigenvalue weighted by atomic mass is 19.1. The molecule has 1 aromatic carbocycles. The first kappa shape index (κ1) is 21.2. The van der Waals surface area contributed by atoms with E-state index >= 15 is 0 Å². The van der Waals surface area contributed by atoms with Crippen molar-refractivity contribution in [3.63, 3.8) is 0 Å². The number of fused-ring (bicyclic) bond motifs is 1. The third kappa shape index (κ3) is 4.51. The van der Waals surface area contributed by atoms with E-state index in [2.05, 4.69) is 20.4 Å². The lowest BCUT2D eigenvalue weighted by molar-refractivity contribution is -0.124. The largest absolute Gasteiger partial charge is 0.481 e. The molecule has 0 fully saturated rings. The second-order valence-corrected chi connectivity index (χ2v) is 7.63. The number of nitrogens with one attached hydrogen (secondary N) is 2. The van der Waals surface area contributed by atoms with Crippen LogP contribution >= 0.6 is 0 Å². The highest BCUT2D eigenvalue weighted by molar-refractivity contribution is 5.78. The minimum Gasteiger partial charge on any atom is -0.481 e. The molecule has 0 radical (unpaired) electrons. The smallest absolute Gasteiger partial charge is 0.272 e. The number of carbonyl (C=O) groups is 1. The van der Waals surface area contributed by atoms with Crippen LogP contribution in [0.4, 0.5) is 4.39 Å². The van der Waals surface area contributed by atoms with E-state index < -0.39 is 17.8 Å². The molecule has 4 aromatic rings. The lowest BCUT2D eigenvalue weighted by Gasteiger charge is -2.22. The van der Waals surface area contributed by atoms with Gasteiger partial charge in [-0.25, -0.2) is 13.9 Å². The maximum Gasteiger partial charge on any atom is 0.272 e. The molecule has 3 heterocycles. The molecule has 32 heavy (non-hydrogen) atoms. The minimum atomic E-state index is -0.544. The maximum absolute atomic E-state index is 13.7. The van der Waals surface area contributed by atoms with Gasteiger partial charge in [0.05, 0.1) is 17.4 Å². The Balaban J connectivity index is 1.56. The normalized spacial score (nSPS) is 12.1. The number of pyridine rings is 1. The molecule has 1 atom stereocenters. The summed E-state index contributed by atoms with van der Waals surface area (Å²) < 4.78 is 20.3. The van der Waals surface area contributed by atoms with Crippen molar-refractivity contribution in [2.24, 2.45) is 5.92 Å². The Morgan fingerprint density at radius 3 is 2.75 bits per heavy atom. The van der Waals surface area contributed by atoms with Crippen molar-refractivity contribution in [1.29, 1.82) is 0 Å². The second-order valence-electron chi connectivity index (χ2n) is 7.63. The summed E-state index contributed by atoms with van der Waals surface area (Å²) in [6.45, 7) is 3.45. The second kappa shape index (κ2) is 9.01. The van der Waals surface area contributed by atoms with Crippen LogP contribution in [0.2, 0.25) is 0 Å². The zero-order valence-corrected chi connectivity index (χ0v) is 17.6. The molecule has 164 valence electrons. The first-order chi connectivity index (χ1) is 15.4. The number of hydrogen-bond acceptors (Lipinski definition) is 5. The van der Waals surface area contributed by atoms with Gasteiger partial charge in [0.1, 0.15) is 0 Å². The summed E-state index contributed by atoms with van der Waals surface area (Å²) in [6.07, 6.45) is 3.35. The van der Waals surface area contributed by atoms with E-state index in [0.717, 1.165) is 5.56 Å². The Morgan fingerprint density at radius 1 is 1.22 bits per heavy atom. The molecule has 8 nitrogen and oxygen atoms in total. The molecule has 3 aromatic heterocycles. The highest BCUT2D eigenvalue weighted by Crippen LogP contribution is 2.22. The average molecular weight is 435 g/mol. The fourth-order valence-corrected chi connectivity index (χ4v) is 3.34. The lowest BCUT2D eigenvalue weighted by Crippen LogP contribution is -2.36. The molecular formula is C23H22FN5O3. The lowest BCUT2D eigenvalue weighted by atomic mass is 10.0. The number of carbonyl (C=O) groups excluding carboxylic acids is 1. The summed E-state index contributed by atoms with van der Waals surface area (Å²) in [5, 5.41) is 5.85. The van der Waals surface area contributed by atoms with Crippen LogP contribution in [0.3, 0.4) is 0 Å². The maximum atomic E-state index is 13.7. The monoisotopic (exact) mass is 435 g/mol. The number of H-pyrrole nitrogens is 1. The van der Waals surface area contributed by atoms with E-state index in [4.69, 9.17) is 4.74 Å². The van der Waals surface area contributed by atoms with Crippen molar-refractivity contribution < 1.29 is 13.9 Å². The number of amides is 1. The van der Waals surface area contributed by atoms with Crippen LogP contribution in [-0.4, -0.2) is 32.1 Å². The summed E-state index contributed by atoms with van der Waals surface area (Å²) in [4.78, 5) is 33.8. The summed E-state index contributed by atoms with van der Waals surface area (Å²) in [5.74, 6) is -1.05. The minimum absolute atomic E-state index is 0.00297. The zero-order chi connectivity index (χ0) is 22.7. The predicted octanol–water partition coefficient (Wildman–Crippen LogP) is 3.12. The van der Waals surface area contributed by atoms with Gasteiger partial charge >= 0.3 is 0 Å². The fourth-order valence-electron chi connectivity index (χ4n) is 3.34. The van der Waals surface area contributed by atoms with Crippen molar-refractivity contribution in [2.75, 3.05) is 6.61 Å². The van der Waals surface area contributed by atoms with Gasteiger partial charge in [-0.05, 0) is 30.2 Å². The van der Waals surface area contributed by atoms with Crippen molar-refractivity contribution in [3.05, 3.63) is 82.8 Å². The molecule has 0 unspecified atom stereocenters. The van der Waals surface area contributed by atoms with Gasteiger partial charge in [0.2, 0.25) is 0 Å². The first-order valence-electron chi connectivity index (χ1n) is 10.1. The fraction of sp³-hybridized carbons (Fsp3) is 0.217. The molecule has 0 aliphatic heterocycles. The molecule has 0 saturated heterocycles. The van der Waals surface area contributed by atoms with Gasteiger partial charge in [-0.1, -0.05) is 26.0 Å². The molecule has 1 amide bonds. The Labute approximate surface area is 183 Å². The number of aromatic amines is 1. The van der Waals surface area contributed by atoms with Gasteiger partial charge in [-0.3, -0.25) is 19.7 Å². The topological polar surface area (TPSA) is 101 Å². The number of hydrogen-bond donors (Lipinski definition) is 2. The number of aromatic nitrogens is 4. The average Bonchev–Trinajstić information content (AvgIpc) is 3.22. The Bertz CT molecular complexity index is 1300. The standard InChI is InChI=1S/C23H22FN5O3/c1-14(2)23(27-21(30)13-32-19-8-4-3-7-16(19)24)18-11-22(31)29-20(26-18)10-17(28-29)15-6-5-9-25-12-15/h3-12,14,23,28H,13H2,1-2H3,(H,27,30)/t23-/m1/s1. The van der Waals surface area contributed by atoms with Crippen LogP contribution in [0.25, 0.3) is 16.9 Å². The van der Waals surface area contributed by atoms with Crippen LogP contribution < -0.4 is 15.6 Å². The SMILES string of the molecule is CC(C)[C@@H](NC(=O)COc1ccccc1F)c1cc(=O)n2[nH]c(-c3cccnc3)cc2n1. The van der Waals surface area contributed by atoms with Crippen molar-refractivity contribution >= 4 is 11.6 Å². The number of benzene rings is 1. The van der Waals surface area contributed by atoms with E-state index in [1.54, 1.807) is 30.6 Å².